The number of halogens is 1. The summed E-state index contributed by atoms with van der Waals surface area (Å²) in [5.41, 5.74) is 4.16. The van der Waals surface area contributed by atoms with Gasteiger partial charge in [-0.2, -0.15) is 0 Å². The number of aliphatic hydroxyl groups excluding tert-OH is 1. The molecule has 2 aromatic rings. The fraction of sp³-hybridized carbons (Fsp3) is 0.200. The van der Waals surface area contributed by atoms with E-state index in [0.717, 1.165) is 26.7 Å². The van der Waals surface area contributed by atoms with Gasteiger partial charge in [0, 0.05) is 4.47 Å². The molecule has 0 aliphatic heterocycles. The molecular weight excluding hydrogens is 276 g/mol. The van der Waals surface area contributed by atoms with Crippen LogP contribution in [-0.4, -0.2) is 5.11 Å². The molecule has 0 saturated heterocycles. The standard InChI is InChI=1S/C15H15BrO/c1-10-8-13(9-11(2)14(10)16)15(17)12-6-4-3-5-7-12/h3-9,15,17H,1-2H3. The van der Waals surface area contributed by atoms with E-state index >= 15 is 0 Å². The zero-order valence-corrected chi connectivity index (χ0v) is 11.5. The maximum absolute atomic E-state index is 10.3. The van der Waals surface area contributed by atoms with Crippen LogP contribution in [0.5, 0.6) is 0 Å². The largest absolute Gasteiger partial charge is 0.384 e. The number of hydrogen-bond donors (Lipinski definition) is 1. The zero-order chi connectivity index (χ0) is 12.4. The van der Waals surface area contributed by atoms with Crippen LogP contribution in [0, 0.1) is 13.8 Å². The molecule has 1 unspecified atom stereocenters. The normalized spacial score (nSPS) is 12.5. The molecule has 2 aromatic carbocycles. The van der Waals surface area contributed by atoms with E-state index in [1.165, 1.54) is 0 Å². The summed E-state index contributed by atoms with van der Waals surface area (Å²) in [5.74, 6) is 0. The lowest BCUT2D eigenvalue weighted by molar-refractivity contribution is 0.220. The molecule has 0 aromatic heterocycles. The Hall–Kier alpha value is -1.12. The molecule has 17 heavy (non-hydrogen) atoms. The van der Waals surface area contributed by atoms with Crippen molar-refractivity contribution in [1.29, 1.82) is 0 Å². The molecule has 0 bridgehead atoms. The molecule has 0 amide bonds. The van der Waals surface area contributed by atoms with Crippen molar-refractivity contribution in [3.05, 3.63) is 69.2 Å². The van der Waals surface area contributed by atoms with Gasteiger partial charge in [-0.15, -0.1) is 0 Å². The smallest absolute Gasteiger partial charge is 0.104 e. The van der Waals surface area contributed by atoms with E-state index in [4.69, 9.17) is 0 Å². The van der Waals surface area contributed by atoms with Crippen LogP contribution >= 0.6 is 15.9 Å². The lowest BCUT2D eigenvalue weighted by atomic mass is 9.98. The second-order valence-electron chi connectivity index (χ2n) is 4.28. The van der Waals surface area contributed by atoms with Crippen molar-refractivity contribution in [2.24, 2.45) is 0 Å². The Morgan fingerprint density at radius 3 is 2.00 bits per heavy atom. The number of aryl methyl sites for hydroxylation is 2. The van der Waals surface area contributed by atoms with Gasteiger partial charge in [-0.1, -0.05) is 58.4 Å². The van der Waals surface area contributed by atoms with E-state index in [1.807, 2.05) is 56.3 Å². The van der Waals surface area contributed by atoms with Gasteiger partial charge in [0.05, 0.1) is 0 Å². The predicted octanol–water partition coefficient (Wildman–Crippen LogP) is 4.15. The van der Waals surface area contributed by atoms with Crippen LogP contribution in [0.4, 0.5) is 0 Å². The van der Waals surface area contributed by atoms with Crippen LogP contribution in [0.25, 0.3) is 0 Å². The van der Waals surface area contributed by atoms with E-state index in [1.54, 1.807) is 0 Å². The zero-order valence-electron chi connectivity index (χ0n) is 9.94. The highest BCUT2D eigenvalue weighted by atomic mass is 79.9. The van der Waals surface area contributed by atoms with E-state index < -0.39 is 6.10 Å². The third-order valence-electron chi connectivity index (χ3n) is 2.89. The molecule has 1 nitrogen and oxygen atoms in total. The minimum atomic E-state index is -0.554. The molecule has 2 rings (SSSR count). The van der Waals surface area contributed by atoms with Crippen LogP contribution in [0.1, 0.15) is 28.4 Å². The lowest BCUT2D eigenvalue weighted by Crippen LogP contribution is -2.00. The van der Waals surface area contributed by atoms with Crippen molar-refractivity contribution in [2.75, 3.05) is 0 Å². The summed E-state index contributed by atoms with van der Waals surface area (Å²) < 4.78 is 1.11. The monoisotopic (exact) mass is 290 g/mol. The lowest BCUT2D eigenvalue weighted by Gasteiger charge is -2.14. The topological polar surface area (TPSA) is 20.2 Å². The second kappa shape index (κ2) is 5.03. The van der Waals surface area contributed by atoms with Crippen LogP contribution in [0.15, 0.2) is 46.9 Å². The molecule has 0 radical (unpaired) electrons. The predicted molar refractivity (Wildman–Crippen MR) is 74.1 cm³/mol. The number of aliphatic hydroxyl groups is 1. The molecule has 2 heteroatoms. The Morgan fingerprint density at radius 2 is 1.47 bits per heavy atom. The van der Waals surface area contributed by atoms with Gasteiger partial charge in [0.1, 0.15) is 6.10 Å². The fourth-order valence-corrected chi connectivity index (χ4v) is 2.19. The average molecular weight is 291 g/mol. The molecule has 88 valence electrons. The van der Waals surface area contributed by atoms with Gasteiger partial charge >= 0.3 is 0 Å². The van der Waals surface area contributed by atoms with Gasteiger partial charge in [0.15, 0.2) is 0 Å². The highest BCUT2D eigenvalue weighted by molar-refractivity contribution is 9.10. The summed E-state index contributed by atoms with van der Waals surface area (Å²) in [6.45, 7) is 4.08. The highest BCUT2D eigenvalue weighted by Crippen LogP contribution is 2.28. The number of benzene rings is 2. The second-order valence-corrected chi connectivity index (χ2v) is 5.07. The fourth-order valence-electron chi connectivity index (χ4n) is 1.97. The van der Waals surface area contributed by atoms with E-state index in [-0.39, 0.29) is 0 Å². The van der Waals surface area contributed by atoms with Crippen molar-refractivity contribution >= 4 is 15.9 Å². The highest BCUT2D eigenvalue weighted by Gasteiger charge is 2.12. The summed E-state index contributed by atoms with van der Waals surface area (Å²) in [4.78, 5) is 0. The molecule has 0 heterocycles. The summed E-state index contributed by atoms with van der Waals surface area (Å²) in [5, 5.41) is 10.3. The molecular formula is C15H15BrO. The quantitative estimate of drug-likeness (QED) is 0.881. The Bertz CT molecular complexity index is 497. The van der Waals surface area contributed by atoms with Crippen LogP contribution in [0.3, 0.4) is 0 Å². The van der Waals surface area contributed by atoms with E-state index in [9.17, 15) is 5.11 Å². The Morgan fingerprint density at radius 1 is 0.941 bits per heavy atom. The van der Waals surface area contributed by atoms with Crippen molar-refractivity contribution in [3.63, 3.8) is 0 Å². The first-order valence-electron chi connectivity index (χ1n) is 5.59. The van der Waals surface area contributed by atoms with Gasteiger partial charge in [-0.05, 0) is 36.1 Å². The molecule has 1 N–H and O–H groups in total. The minimum Gasteiger partial charge on any atom is -0.384 e. The van der Waals surface area contributed by atoms with Gasteiger partial charge in [-0.3, -0.25) is 0 Å². The number of hydrogen-bond acceptors (Lipinski definition) is 1. The van der Waals surface area contributed by atoms with Crippen LogP contribution in [0.2, 0.25) is 0 Å². The van der Waals surface area contributed by atoms with Crippen molar-refractivity contribution in [2.45, 2.75) is 20.0 Å². The summed E-state index contributed by atoms with van der Waals surface area (Å²) in [7, 11) is 0. The number of rotatable bonds is 2. The molecule has 0 aliphatic carbocycles. The summed E-state index contributed by atoms with van der Waals surface area (Å²) in [6, 6.07) is 13.8. The maximum atomic E-state index is 10.3. The van der Waals surface area contributed by atoms with E-state index in [0.29, 0.717) is 0 Å². The van der Waals surface area contributed by atoms with Crippen molar-refractivity contribution in [3.8, 4) is 0 Å². The molecule has 0 aliphatic rings. The van der Waals surface area contributed by atoms with E-state index in [2.05, 4.69) is 15.9 Å². The van der Waals surface area contributed by atoms with Crippen LogP contribution in [-0.2, 0) is 0 Å². The average Bonchev–Trinajstić information content (AvgIpc) is 2.35. The first-order chi connectivity index (χ1) is 8.09. The third kappa shape index (κ3) is 2.59. The SMILES string of the molecule is Cc1cc(C(O)c2ccccc2)cc(C)c1Br. The van der Waals surface area contributed by atoms with Crippen molar-refractivity contribution < 1.29 is 5.11 Å². The first kappa shape index (κ1) is 12.3. The van der Waals surface area contributed by atoms with Crippen LogP contribution < -0.4 is 0 Å². The van der Waals surface area contributed by atoms with Crippen molar-refractivity contribution in [1.82, 2.24) is 0 Å². The third-order valence-corrected chi connectivity index (χ3v) is 4.14. The van der Waals surface area contributed by atoms with Gasteiger partial charge in [-0.25, -0.2) is 0 Å². The van der Waals surface area contributed by atoms with Gasteiger partial charge in [0.2, 0.25) is 0 Å². The Kier molecular flexibility index (Phi) is 3.65. The molecule has 0 fully saturated rings. The molecule has 1 atom stereocenters. The molecule has 0 spiro atoms. The Balaban J connectivity index is 2.41. The Labute approximate surface area is 110 Å². The van der Waals surface area contributed by atoms with Gasteiger partial charge in [0.25, 0.3) is 0 Å². The summed E-state index contributed by atoms with van der Waals surface area (Å²) in [6.07, 6.45) is -0.554. The molecule has 0 saturated carbocycles. The maximum Gasteiger partial charge on any atom is 0.104 e. The van der Waals surface area contributed by atoms with Gasteiger partial charge < -0.3 is 5.11 Å². The minimum absolute atomic E-state index is 0.554. The summed E-state index contributed by atoms with van der Waals surface area (Å²) >= 11 is 3.54. The first-order valence-corrected chi connectivity index (χ1v) is 6.38.